The molecule has 1 aliphatic heterocycles. The van der Waals surface area contributed by atoms with Gasteiger partial charge in [0.15, 0.2) is 5.76 Å². The van der Waals surface area contributed by atoms with E-state index in [1.54, 1.807) is 29.2 Å². The third-order valence-corrected chi connectivity index (χ3v) is 4.42. The first-order chi connectivity index (χ1) is 12.9. The molecule has 1 aliphatic rings. The Morgan fingerprint density at radius 2 is 1.74 bits per heavy atom. The molecule has 0 bridgehead atoms. The molecule has 144 valence electrons. The van der Waals surface area contributed by atoms with Crippen LogP contribution in [0.2, 0.25) is 0 Å². The van der Waals surface area contributed by atoms with Crippen LogP contribution in [0.5, 0.6) is 0 Å². The average molecular weight is 373 g/mol. The maximum atomic E-state index is 13.0. The molecule has 1 aromatic heterocycles. The summed E-state index contributed by atoms with van der Waals surface area (Å²) < 4.78 is 18.7. The number of furan rings is 1. The third kappa shape index (κ3) is 4.95. The van der Waals surface area contributed by atoms with Crippen LogP contribution in [0.25, 0.3) is 11.3 Å². The van der Waals surface area contributed by atoms with Crippen molar-refractivity contribution >= 4 is 11.8 Å². The van der Waals surface area contributed by atoms with Gasteiger partial charge in [0, 0.05) is 37.8 Å². The summed E-state index contributed by atoms with van der Waals surface area (Å²) in [4.78, 5) is 28.3. The van der Waals surface area contributed by atoms with Gasteiger partial charge < -0.3 is 14.6 Å². The number of amides is 2. The molecule has 2 aromatic rings. The van der Waals surface area contributed by atoms with Crippen LogP contribution in [-0.4, -0.2) is 60.4 Å². The number of hydrogen-bond donors (Lipinski definition) is 1. The highest BCUT2D eigenvalue weighted by atomic mass is 19.1. The summed E-state index contributed by atoms with van der Waals surface area (Å²) >= 11 is 0. The first kappa shape index (κ1) is 19.1. The summed E-state index contributed by atoms with van der Waals surface area (Å²) in [5.74, 6) is 0.304. The molecule has 1 N–H and O–H groups in total. The number of hydrogen-bond acceptors (Lipinski definition) is 4. The summed E-state index contributed by atoms with van der Waals surface area (Å²) in [6, 6.07) is 9.42. The molecular formula is C20H24FN3O3. The quantitative estimate of drug-likeness (QED) is 0.874. The topological polar surface area (TPSA) is 65.8 Å². The van der Waals surface area contributed by atoms with E-state index in [0.29, 0.717) is 38.5 Å². The largest absolute Gasteiger partial charge is 0.451 e. The molecule has 0 aliphatic carbocycles. The second-order valence-corrected chi connectivity index (χ2v) is 6.96. The molecular weight excluding hydrogens is 349 g/mol. The molecule has 0 spiro atoms. The van der Waals surface area contributed by atoms with Gasteiger partial charge >= 0.3 is 0 Å². The van der Waals surface area contributed by atoms with Crippen LogP contribution in [0.4, 0.5) is 4.39 Å². The van der Waals surface area contributed by atoms with E-state index in [2.05, 4.69) is 5.32 Å². The zero-order chi connectivity index (χ0) is 19.4. The SMILES string of the molecule is CC(C)NC(=O)CN1CCN(C(=O)c2ccc(-c3ccc(F)cc3)o2)CC1. The number of carbonyl (C=O) groups excluding carboxylic acids is 2. The van der Waals surface area contributed by atoms with Crippen molar-refractivity contribution in [3.63, 3.8) is 0 Å². The molecule has 1 aromatic carbocycles. The summed E-state index contributed by atoms with van der Waals surface area (Å²) in [5, 5.41) is 2.87. The molecule has 6 nitrogen and oxygen atoms in total. The summed E-state index contributed by atoms with van der Waals surface area (Å²) in [5.41, 5.74) is 0.719. The first-order valence-corrected chi connectivity index (χ1v) is 9.09. The monoisotopic (exact) mass is 373 g/mol. The highest BCUT2D eigenvalue weighted by Crippen LogP contribution is 2.23. The van der Waals surface area contributed by atoms with Crippen molar-refractivity contribution < 1.29 is 18.4 Å². The lowest BCUT2D eigenvalue weighted by molar-refractivity contribution is -0.123. The smallest absolute Gasteiger partial charge is 0.289 e. The fourth-order valence-electron chi connectivity index (χ4n) is 3.06. The van der Waals surface area contributed by atoms with E-state index in [0.717, 1.165) is 5.56 Å². The Balaban J connectivity index is 1.55. The summed E-state index contributed by atoms with van der Waals surface area (Å²) in [7, 11) is 0. The van der Waals surface area contributed by atoms with E-state index in [4.69, 9.17) is 4.42 Å². The molecule has 1 saturated heterocycles. The van der Waals surface area contributed by atoms with Crippen molar-refractivity contribution in [3.8, 4) is 11.3 Å². The lowest BCUT2D eigenvalue weighted by Gasteiger charge is -2.34. The summed E-state index contributed by atoms with van der Waals surface area (Å²) in [6.45, 7) is 6.57. The average Bonchev–Trinajstić information content (AvgIpc) is 3.12. The maximum Gasteiger partial charge on any atom is 0.289 e. The van der Waals surface area contributed by atoms with Crippen molar-refractivity contribution in [3.05, 3.63) is 48.0 Å². The van der Waals surface area contributed by atoms with Crippen molar-refractivity contribution in [1.29, 1.82) is 0 Å². The van der Waals surface area contributed by atoms with Crippen LogP contribution >= 0.6 is 0 Å². The van der Waals surface area contributed by atoms with E-state index in [1.165, 1.54) is 12.1 Å². The summed E-state index contributed by atoms with van der Waals surface area (Å²) in [6.07, 6.45) is 0. The van der Waals surface area contributed by atoms with Crippen LogP contribution in [0.3, 0.4) is 0 Å². The predicted octanol–water partition coefficient (Wildman–Crippen LogP) is 2.37. The van der Waals surface area contributed by atoms with Crippen molar-refractivity contribution in [1.82, 2.24) is 15.1 Å². The number of nitrogens with one attached hydrogen (secondary N) is 1. The highest BCUT2D eigenvalue weighted by Gasteiger charge is 2.25. The number of benzene rings is 1. The van der Waals surface area contributed by atoms with E-state index >= 15 is 0 Å². The van der Waals surface area contributed by atoms with Crippen LogP contribution in [0, 0.1) is 5.82 Å². The Hall–Kier alpha value is -2.67. The lowest BCUT2D eigenvalue weighted by atomic mass is 10.2. The fraction of sp³-hybridized carbons (Fsp3) is 0.400. The number of piperazine rings is 1. The number of rotatable bonds is 5. The van der Waals surface area contributed by atoms with Gasteiger partial charge in [-0.3, -0.25) is 14.5 Å². The standard InChI is InChI=1S/C20H24FN3O3/c1-14(2)22-19(25)13-23-9-11-24(12-10-23)20(26)18-8-7-17(27-18)15-3-5-16(21)6-4-15/h3-8,14H,9-13H2,1-2H3,(H,22,25). The van der Waals surface area contributed by atoms with Gasteiger partial charge in [0.1, 0.15) is 11.6 Å². The highest BCUT2D eigenvalue weighted by molar-refractivity contribution is 5.92. The fourth-order valence-corrected chi connectivity index (χ4v) is 3.06. The molecule has 2 amide bonds. The normalized spacial score (nSPS) is 15.2. The second kappa shape index (κ2) is 8.35. The van der Waals surface area contributed by atoms with Crippen LogP contribution in [-0.2, 0) is 4.79 Å². The number of halogens is 1. The van der Waals surface area contributed by atoms with Gasteiger partial charge in [-0.1, -0.05) is 0 Å². The minimum Gasteiger partial charge on any atom is -0.451 e. The van der Waals surface area contributed by atoms with Gasteiger partial charge in [-0.05, 0) is 50.2 Å². The predicted molar refractivity (Wildman–Crippen MR) is 99.7 cm³/mol. The number of carbonyl (C=O) groups is 2. The Kier molecular flexibility index (Phi) is 5.91. The Labute approximate surface area is 157 Å². The van der Waals surface area contributed by atoms with Gasteiger partial charge in [0.25, 0.3) is 5.91 Å². The number of nitrogens with zero attached hydrogens (tertiary/aromatic N) is 2. The van der Waals surface area contributed by atoms with E-state index in [1.807, 2.05) is 18.7 Å². The van der Waals surface area contributed by atoms with E-state index < -0.39 is 0 Å². The molecule has 2 heterocycles. The minimum absolute atomic E-state index is 0.000231. The van der Waals surface area contributed by atoms with Gasteiger partial charge in [-0.25, -0.2) is 4.39 Å². The Morgan fingerprint density at radius 1 is 1.07 bits per heavy atom. The van der Waals surface area contributed by atoms with Crippen LogP contribution in [0.1, 0.15) is 24.4 Å². The minimum atomic E-state index is -0.318. The zero-order valence-corrected chi connectivity index (χ0v) is 15.6. The van der Waals surface area contributed by atoms with Crippen LogP contribution in [0.15, 0.2) is 40.8 Å². The zero-order valence-electron chi connectivity index (χ0n) is 15.6. The second-order valence-electron chi connectivity index (χ2n) is 6.96. The molecule has 0 radical (unpaired) electrons. The van der Waals surface area contributed by atoms with Gasteiger partial charge in [-0.15, -0.1) is 0 Å². The van der Waals surface area contributed by atoms with Gasteiger partial charge in [0.05, 0.1) is 6.54 Å². The van der Waals surface area contributed by atoms with Gasteiger partial charge in [-0.2, -0.15) is 0 Å². The molecule has 0 saturated carbocycles. The lowest BCUT2D eigenvalue weighted by Crippen LogP contribution is -2.51. The molecule has 3 rings (SSSR count). The van der Waals surface area contributed by atoms with Crippen LogP contribution < -0.4 is 5.32 Å². The van der Waals surface area contributed by atoms with E-state index in [9.17, 15) is 14.0 Å². The Morgan fingerprint density at radius 3 is 2.37 bits per heavy atom. The molecule has 1 fully saturated rings. The molecule has 0 unspecified atom stereocenters. The molecule has 27 heavy (non-hydrogen) atoms. The van der Waals surface area contributed by atoms with Crippen molar-refractivity contribution in [2.24, 2.45) is 0 Å². The third-order valence-electron chi connectivity index (χ3n) is 4.42. The molecule has 7 heteroatoms. The molecule has 0 atom stereocenters. The van der Waals surface area contributed by atoms with E-state index in [-0.39, 0.29) is 29.4 Å². The Bertz CT molecular complexity index is 793. The maximum absolute atomic E-state index is 13.0. The van der Waals surface area contributed by atoms with Crippen molar-refractivity contribution in [2.45, 2.75) is 19.9 Å². The van der Waals surface area contributed by atoms with Gasteiger partial charge in [0.2, 0.25) is 5.91 Å². The first-order valence-electron chi connectivity index (χ1n) is 9.09. The van der Waals surface area contributed by atoms with Crippen molar-refractivity contribution in [2.75, 3.05) is 32.7 Å².